The van der Waals surface area contributed by atoms with E-state index < -0.39 is 22.2 Å². The molecule has 1 heterocycles. The number of benzene rings is 2. The van der Waals surface area contributed by atoms with E-state index in [1.54, 1.807) is 18.2 Å². The summed E-state index contributed by atoms with van der Waals surface area (Å²) < 4.78 is 64.2. The van der Waals surface area contributed by atoms with Crippen molar-refractivity contribution in [2.24, 2.45) is 0 Å². The van der Waals surface area contributed by atoms with E-state index in [2.05, 4.69) is 9.78 Å². The maximum atomic E-state index is 12.9. The van der Waals surface area contributed by atoms with Gasteiger partial charge in [-0.3, -0.25) is 9.79 Å². The molecule has 1 aliphatic rings. The number of sulfonamides is 1. The van der Waals surface area contributed by atoms with Crippen LogP contribution in [0.3, 0.4) is 0 Å². The quantitative estimate of drug-likeness (QED) is 0.453. The number of carbonyl (C=O) groups excluding carboxylic acids is 1. The monoisotopic (exact) mass is 492 g/mol. The zero-order valence-electron chi connectivity index (χ0n) is 16.7. The Hall–Kier alpha value is -2.34. The SMILES string of the molecule is O=C(OOc1ccc(Cl)cc1CN1CCCN(S(=O)(=O)c2ccccc2)CC1)C(F)(F)F. The van der Waals surface area contributed by atoms with Crippen molar-refractivity contribution in [3.05, 3.63) is 59.1 Å². The van der Waals surface area contributed by atoms with Crippen LogP contribution in [-0.4, -0.2) is 55.9 Å². The van der Waals surface area contributed by atoms with Crippen molar-refractivity contribution in [1.82, 2.24) is 9.21 Å². The lowest BCUT2D eigenvalue weighted by atomic mass is 10.2. The zero-order chi connectivity index (χ0) is 23.4. The predicted octanol–water partition coefficient (Wildman–Crippen LogP) is 3.64. The number of nitrogens with zero attached hydrogens (tertiary/aromatic N) is 2. The zero-order valence-corrected chi connectivity index (χ0v) is 18.3. The van der Waals surface area contributed by atoms with Gasteiger partial charge < -0.3 is 0 Å². The Morgan fingerprint density at radius 2 is 1.75 bits per heavy atom. The van der Waals surface area contributed by atoms with Crippen molar-refractivity contribution < 1.29 is 36.2 Å². The summed E-state index contributed by atoms with van der Waals surface area (Å²) in [6.45, 7) is 1.68. The van der Waals surface area contributed by atoms with E-state index in [-0.39, 0.29) is 23.7 Å². The minimum absolute atomic E-state index is 0.0926. The van der Waals surface area contributed by atoms with Crippen LogP contribution in [0.2, 0.25) is 5.02 Å². The van der Waals surface area contributed by atoms with Gasteiger partial charge in [-0.25, -0.2) is 18.1 Å². The summed E-state index contributed by atoms with van der Waals surface area (Å²) in [6, 6.07) is 12.3. The summed E-state index contributed by atoms with van der Waals surface area (Å²) in [5.41, 5.74) is 0.395. The van der Waals surface area contributed by atoms with Gasteiger partial charge in [0.25, 0.3) is 0 Å². The summed E-state index contributed by atoms with van der Waals surface area (Å²) in [7, 11) is -3.63. The van der Waals surface area contributed by atoms with Crippen molar-refractivity contribution in [3.8, 4) is 5.75 Å². The van der Waals surface area contributed by atoms with Crippen molar-refractivity contribution in [2.75, 3.05) is 26.2 Å². The van der Waals surface area contributed by atoms with E-state index in [4.69, 9.17) is 11.6 Å². The second kappa shape index (κ2) is 10.1. The second-order valence-corrected chi connectivity index (χ2v) is 9.43. The number of hydrogen-bond donors (Lipinski definition) is 0. The van der Waals surface area contributed by atoms with Gasteiger partial charge in [0.15, 0.2) is 5.75 Å². The van der Waals surface area contributed by atoms with E-state index in [0.717, 1.165) is 0 Å². The van der Waals surface area contributed by atoms with Gasteiger partial charge in [-0.15, -0.1) is 0 Å². The molecule has 1 saturated heterocycles. The topological polar surface area (TPSA) is 76.2 Å². The fraction of sp³-hybridized carbons (Fsp3) is 0.350. The van der Waals surface area contributed by atoms with Crippen molar-refractivity contribution >= 4 is 27.6 Å². The Kier molecular flexibility index (Phi) is 7.65. The summed E-state index contributed by atoms with van der Waals surface area (Å²) >= 11 is 6.00. The van der Waals surface area contributed by atoms with Crippen molar-refractivity contribution in [1.29, 1.82) is 0 Å². The first kappa shape index (κ1) is 24.3. The van der Waals surface area contributed by atoms with Gasteiger partial charge in [-0.05, 0) is 43.3 Å². The molecule has 0 spiro atoms. The molecule has 2 aromatic carbocycles. The highest BCUT2D eigenvalue weighted by molar-refractivity contribution is 7.89. The third-order valence-corrected chi connectivity index (χ3v) is 6.93. The third kappa shape index (κ3) is 6.12. The van der Waals surface area contributed by atoms with Crippen LogP contribution in [0.25, 0.3) is 0 Å². The molecule has 0 bridgehead atoms. The van der Waals surface area contributed by atoms with Gasteiger partial charge in [-0.2, -0.15) is 17.5 Å². The van der Waals surface area contributed by atoms with Gasteiger partial charge >= 0.3 is 12.1 Å². The van der Waals surface area contributed by atoms with Crippen LogP contribution in [0.4, 0.5) is 13.2 Å². The predicted molar refractivity (Wildman–Crippen MR) is 109 cm³/mol. The lowest BCUT2D eigenvalue weighted by Gasteiger charge is -2.22. The molecule has 7 nitrogen and oxygen atoms in total. The molecule has 0 atom stereocenters. The second-order valence-electron chi connectivity index (χ2n) is 7.05. The molecule has 174 valence electrons. The molecule has 1 aliphatic heterocycles. The molecular weight excluding hydrogens is 473 g/mol. The molecule has 0 aliphatic carbocycles. The summed E-state index contributed by atoms with van der Waals surface area (Å²) in [5.74, 6) is -2.57. The van der Waals surface area contributed by atoms with Crippen LogP contribution >= 0.6 is 11.6 Å². The Bertz CT molecular complexity index is 1050. The Labute approximate surface area is 188 Å². The van der Waals surface area contributed by atoms with Crippen LogP contribution in [0.1, 0.15) is 12.0 Å². The Balaban J connectivity index is 1.68. The molecule has 0 N–H and O–H groups in total. The number of alkyl halides is 3. The fourth-order valence-electron chi connectivity index (χ4n) is 3.21. The highest BCUT2D eigenvalue weighted by Crippen LogP contribution is 2.27. The van der Waals surface area contributed by atoms with Gasteiger partial charge in [0.2, 0.25) is 10.0 Å². The standard InChI is InChI=1S/C20H20ClF3N2O5S/c21-16-7-8-18(30-31-19(27)20(22,23)24)15(13-16)14-25-9-4-10-26(12-11-25)32(28,29)17-5-2-1-3-6-17/h1-3,5-8,13H,4,9-12,14H2. The van der Waals surface area contributed by atoms with E-state index in [1.807, 2.05) is 4.90 Å². The molecule has 0 unspecified atom stereocenters. The van der Waals surface area contributed by atoms with E-state index in [1.165, 1.54) is 34.6 Å². The van der Waals surface area contributed by atoms with E-state index >= 15 is 0 Å². The highest BCUT2D eigenvalue weighted by atomic mass is 35.5. The maximum absolute atomic E-state index is 12.9. The lowest BCUT2D eigenvalue weighted by molar-refractivity contribution is -0.257. The van der Waals surface area contributed by atoms with Crippen LogP contribution in [0.15, 0.2) is 53.4 Å². The number of carbonyl (C=O) groups is 1. The number of halogens is 4. The lowest BCUT2D eigenvalue weighted by Crippen LogP contribution is -2.35. The van der Waals surface area contributed by atoms with Crippen LogP contribution in [-0.2, 0) is 26.3 Å². The molecule has 2 aromatic rings. The molecular formula is C20H20ClF3N2O5S. The summed E-state index contributed by atoms with van der Waals surface area (Å²) in [5, 5.41) is 0.317. The molecule has 0 saturated carbocycles. The first-order valence-electron chi connectivity index (χ1n) is 9.59. The summed E-state index contributed by atoms with van der Waals surface area (Å²) in [6.07, 6.45) is -4.64. The molecule has 3 rings (SSSR count). The number of hydrogen-bond acceptors (Lipinski definition) is 6. The molecule has 0 radical (unpaired) electrons. The van der Waals surface area contributed by atoms with E-state index in [9.17, 15) is 26.4 Å². The smallest absolute Gasteiger partial charge is 0.298 e. The average molecular weight is 493 g/mol. The van der Waals surface area contributed by atoms with Crippen LogP contribution in [0.5, 0.6) is 5.75 Å². The molecule has 0 amide bonds. The Morgan fingerprint density at radius 1 is 1.03 bits per heavy atom. The van der Waals surface area contributed by atoms with Gasteiger partial charge in [0.05, 0.1) is 4.90 Å². The minimum atomic E-state index is -5.19. The fourth-order valence-corrected chi connectivity index (χ4v) is 4.90. The first-order chi connectivity index (χ1) is 15.1. The van der Waals surface area contributed by atoms with Gasteiger partial charge in [0, 0.05) is 36.8 Å². The number of rotatable bonds is 6. The molecule has 32 heavy (non-hydrogen) atoms. The maximum Gasteiger partial charge on any atom is 0.495 e. The summed E-state index contributed by atoms with van der Waals surface area (Å²) in [4.78, 5) is 21.6. The molecule has 12 heteroatoms. The average Bonchev–Trinajstić information content (AvgIpc) is 2.99. The molecule has 1 fully saturated rings. The largest absolute Gasteiger partial charge is 0.495 e. The van der Waals surface area contributed by atoms with Gasteiger partial charge in [-0.1, -0.05) is 29.8 Å². The van der Waals surface area contributed by atoms with Crippen molar-refractivity contribution in [2.45, 2.75) is 24.0 Å². The first-order valence-corrected chi connectivity index (χ1v) is 11.4. The molecule has 0 aromatic heterocycles. The van der Waals surface area contributed by atoms with Gasteiger partial charge in [0.1, 0.15) is 0 Å². The van der Waals surface area contributed by atoms with Crippen LogP contribution in [0, 0.1) is 0 Å². The van der Waals surface area contributed by atoms with Crippen molar-refractivity contribution in [3.63, 3.8) is 0 Å². The minimum Gasteiger partial charge on any atom is -0.298 e. The normalized spacial score (nSPS) is 16.4. The highest BCUT2D eigenvalue weighted by Gasteiger charge is 2.43. The van der Waals surface area contributed by atoms with Crippen LogP contribution < -0.4 is 4.89 Å². The van der Waals surface area contributed by atoms with E-state index in [0.29, 0.717) is 36.6 Å². The third-order valence-electron chi connectivity index (χ3n) is 4.78. The Morgan fingerprint density at radius 3 is 2.44 bits per heavy atom.